The van der Waals surface area contributed by atoms with Crippen molar-refractivity contribution >= 4 is 15.9 Å². The Morgan fingerprint density at radius 3 is 2.75 bits per heavy atom. The number of halogens is 1. The maximum absolute atomic E-state index is 11.6. The smallest absolute Gasteiger partial charge is 0.242 e. The molecular formula is C10H11BrN4O. The summed E-state index contributed by atoms with van der Waals surface area (Å²) in [6, 6.07) is 5.81. The van der Waals surface area contributed by atoms with Gasteiger partial charge in [-0.15, -0.1) is 0 Å². The van der Waals surface area contributed by atoms with Gasteiger partial charge in [0.15, 0.2) is 0 Å². The minimum atomic E-state index is -0.365. The molecule has 1 aromatic carbocycles. The highest BCUT2D eigenvalue weighted by Crippen LogP contribution is 2.19. The summed E-state index contributed by atoms with van der Waals surface area (Å²) in [7, 11) is 1.69. The first kappa shape index (κ1) is 11.1. The first-order chi connectivity index (χ1) is 7.65. The van der Waals surface area contributed by atoms with Gasteiger partial charge >= 0.3 is 5.69 Å². The van der Waals surface area contributed by atoms with Crippen molar-refractivity contribution in [3.63, 3.8) is 0 Å². The van der Waals surface area contributed by atoms with Gasteiger partial charge in [0.25, 0.3) is 0 Å². The van der Waals surface area contributed by atoms with E-state index in [0.29, 0.717) is 5.33 Å². The second kappa shape index (κ2) is 4.21. The summed E-state index contributed by atoms with van der Waals surface area (Å²) in [5.41, 5.74) is 2.64. The average molecular weight is 283 g/mol. The molecule has 0 amide bonds. The van der Waals surface area contributed by atoms with Crippen LogP contribution >= 0.6 is 15.9 Å². The van der Waals surface area contributed by atoms with Crippen LogP contribution in [0.3, 0.4) is 0 Å². The highest BCUT2D eigenvalue weighted by molar-refractivity contribution is 9.08. The van der Waals surface area contributed by atoms with E-state index in [-0.39, 0.29) is 5.69 Å². The summed E-state index contributed by atoms with van der Waals surface area (Å²) in [6.45, 7) is 2.01. The second-order valence-electron chi connectivity index (χ2n) is 3.48. The van der Waals surface area contributed by atoms with Gasteiger partial charge in [-0.3, -0.25) is 0 Å². The zero-order chi connectivity index (χ0) is 11.7. The SMILES string of the molecule is Cc1cccc(-n2c(=O)nnn2C)c1CBr. The van der Waals surface area contributed by atoms with Crippen molar-refractivity contribution in [1.82, 2.24) is 19.8 Å². The van der Waals surface area contributed by atoms with E-state index in [1.54, 1.807) is 7.05 Å². The van der Waals surface area contributed by atoms with Crippen molar-refractivity contribution in [3.05, 3.63) is 39.8 Å². The molecule has 0 aliphatic carbocycles. The quantitative estimate of drug-likeness (QED) is 0.777. The number of nitrogens with zero attached hydrogens (tertiary/aromatic N) is 4. The molecule has 2 aromatic rings. The molecular weight excluding hydrogens is 272 g/mol. The molecule has 84 valence electrons. The van der Waals surface area contributed by atoms with E-state index in [1.807, 2.05) is 25.1 Å². The van der Waals surface area contributed by atoms with Gasteiger partial charge in [-0.05, 0) is 29.3 Å². The largest absolute Gasteiger partial charge is 0.388 e. The zero-order valence-electron chi connectivity index (χ0n) is 9.01. The Bertz CT molecular complexity index is 572. The molecule has 6 heteroatoms. The predicted octanol–water partition coefficient (Wildman–Crippen LogP) is 1.17. The minimum Gasteiger partial charge on any atom is -0.242 e. The topological polar surface area (TPSA) is 52.7 Å². The third-order valence-electron chi connectivity index (χ3n) is 2.48. The molecule has 0 radical (unpaired) electrons. The molecule has 0 bridgehead atoms. The zero-order valence-corrected chi connectivity index (χ0v) is 10.6. The summed E-state index contributed by atoms with van der Waals surface area (Å²) < 4.78 is 1.45. The predicted molar refractivity (Wildman–Crippen MR) is 64.0 cm³/mol. The van der Waals surface area contributed by atoms with Crippen LogP contribution in [0.25, 0.3) is 5.69 Å². The van der Waals surface area contributed by atoms with E-state index in [0.717, 1.165) is 16.8 Å². The molecule has 1 heterocycles. The molecule has 0 saturated heterocycles. The summed E-state index contributed by atoms with van der Waals surface area (Å²) in [5.74, 6) is 0. The van der Waals surface area contributed by atoms with Gasteiger partial charge in [0.05, 0.1) is 5.69 Å². The number of tetrazole rings is 1. The van der Waals surface area contributed by atoms with Gasteiger partial charge in [-0.1, -0.05) is 33.2 Å². The Hall–Kier alpha value is -1.43. The Kier molecular flexibility index (Phi) is 2.91. The van der Waals surface area contributed by atoms with E-state index in [4.69, 9.17) is 0 Å². The van der Waals surface area contributed by atoms with E-state index in [9.17, 15) is 4.79 Å². The normalized spacial score (nSPS) is 10.7. The third kappa shape index (κ3) is 1.69. The molecule has 0 fully saturated rings. The van der Waals surface area contributed by atoms with E-state index >= 15 is 0 Å². The lowest BCUT2D eigenvalue weighted by Gasteiger charge is -2.11. The highest BCUT2D eigenvalue weighted by atomic mass is 79.9. The van der Waals surface area contributed by atoms with E-state index in [2.05, 4.69) is 26.2 Å². The lowest BCUT2D eigenvalue weighted by Crippen LogP contribution is -2.21. The van der Waals surface area contributed by atoms with Crippen LogP contribution in [0.15, 0.2) is 23.0 Å². The average Bonchev–Trinajstić information content (AvgIpc) is 2.58. The lowest BCUT2D eigenvalue weighted by molar-refractivity contribution is 0.558. The van der Waals surface area contributed by atoms with Gasteiger partial charge in [-0.2, -0.15) is 9.48 Å². The number of alkyl halides is 1. The van der Waals surface area contributed by atoms with Crippen molar-refractivity contribution in [2.24, 2.45) is 7.05 Å². The van der Waals surface area contributed by atoms with E-state index < -0.39 is 0 Å². The first-order valence-electron chi connectivity index (χ1n) is 4.79. The molecule has 2 rings (SSSR count). The fourth-order valence-corrected chi connectivity index (χ4v) is 2.36. The summed E-state index contributed by atoms with van der Waals surface area (Å²) >= 11 is 3.43. The molecule has 0 N–H and O–H groups in total. The van der Waals surface area contributed by atoms with Crippen molar-refractivity contribution < 1.29 is 0 Å². The molecule has 0 aliphatic rings. The molecule has 1 aromatic heterocycles. The van der Waals surface area contributed by atoms with Crippen LogP contribution in [0.4, 0.5) is 0 Å². The van der Waals surface area contributed by atoms with Crippen molar-refractivity contribution in [3.8, 4) is 5.69 Å². The maximum Gasteiger partial charge on any atom is 0.388 e. The van der Waals surface area contributed by atoms with Gasteiger partial charge < -0.3 is 0 Å². The van der Waals surface area contributed by atoms with Crippen molar-refractivity contribution in [2.75, 3.05) is 0 Å². The number of rotatable bonds is 2. The Balaban J connectivity index is 2.74. The number of aryl methyl sites for hydroxylation is 2. The molecule has 16 heavy (non-hydrogen) atoms. The monoisotopic (exact) mass is 282 g/mol. The third-order valence-corrected chi connectivity index (χ3v) is 3.04. The Morgan fingerprint density at radius 1 is 1.44 bits per heavy atom. The van der Waals surface area contributed by atoms with Crippen LogP contribution in [0.1, 0.15) is 11.1 Å². The second-order valence-corrected chi connectivity index (χ2v) is 4.04. The molecule has 5 nitrogen and oxygen atoms in total. The molecule has 0 unspecified atom stereocenters. The summed E-state index contributed by atoms with van der Waals surface area (Å²) in [6.07, 6.45) is 0. The van der Waals surface area contributed by atoms with Crippen molar-refractivity contribution in [2.45, 2.75) is 12.3 Å². The summed E-state index contributed by atoms with van der Waals surface area (Å²) in [5, 5.41) is 7.89. The van der Waals surface area contributed by atoms with Crippen LogP contribution in [0.2, 0.25) is 0 Å². The van der Waals surface area contributed by atoms with Gasteiger partial charge in [0, 0.05) is 12.4 Å². The minimum absolute atomic E-state index is 0.365. The highest BCUT2D eigenvalue weighted by Gasteiger charge is 2.11. The van der Waals surface area contributed by atoms with Crippen LogP contribution in [-0.2, 0) is 12.4 Å². The van der Waals surface area contributed by atoms with E-state index in [1.165, 1.54) is 9.48 Å². The Labute approximate surface area is 101 Å². The molecule has 0 saturated carbocycles. The number of hydrogen-bond acceptors (Lipinski definition) is 3. The van der Waals surface area contributed by atoms with Gasteiger partial charge in [0.1, 0.15) is 0 Å². The van der Waals surface area contributed by atoms with Gasteiger partial charge in [0.2, 0.25) is 0 Å². The molecule has 0 aliphatic heterocycles. The molecule has 0 atom stereocenters. The fraction of sp³-hybridized carbons (Fsp3) is 0.300. The number of hydrogen-bond donors (Lipinski definition) is 0. The fourth-order valence-electron chi connectivity index (χ4n) is 1.63. The van der Waals surface area contributed by atoms with Crippen LogP contribution in [-0.4, -0.2) is 19.8 Å². The van der Waals surface area contributed by atoms with Gasteiger partial charge in [-0.25, -0.2) is 4.79 Å². The lowest BCUT2D eigenvalue weighted by atomic mass is 10.1. The summed E-state index contributed by atoms with van der Waals surface area (Å²) in [4.78, 5) is 13.0. The van der Waals surface area contributed by atoms with Crippen molar-refractivity contribution in [1.29, 1.82) is 0 Å². The van der Waals surface area contributed by atoms with Crippen LogP contribution in [0, 0.1) is 6.92 Å². The van der Waals surface area contributed by atoms with Crippen LogP contribution in [0.5, 0.6) is 0 Å². The first-order valence-corrected chi connectivity index (χ1v) is 5.91. The van der Waals surface area contributed by atoms with Crippen LogP contribution < -0.4 is 5.69 Å². The Morgan fingerprint density at radius 2 is 2.19 bits per heavy atom. The maximum atomic E-state index is 11.6. The molecule has 0 spiro atoms. The number of aromatic nitrogens is 4. The standard InChI is InChI=1S/C10H11BrN4O/c1-7-4-3-5-9(8(7)6-11)15-10(16)12-13-14(15)2/h3-5H,6H2,1-2H3. The number of benzene rings is 1.